The fourth-order valence-electron chi connectivity index (χ4n) is 3.65. The molecule has 0 radical (unpaired) electrons. The number of halogens is 2. The van der Waals surface area contributed by atoms with Crippen molar-refractivity contribution in [3.05, 3.63) is 35.4 Å². The number of rotatable bonds is 2. The Morgan fingerprint density at radius 1 is 1.12 bits per heavy atom. The van der Waals surface area contributed by atoms with E-state index in [-0.39, 0.29) is 30.1 Å². The molecule has 2 amide bonds. The third kappa shape index (κ3) is 3.77. The predicted octanol–water partition coefficient (Wildman–Crippen LogP) is 0.930. The second kappa shape index (κ2) is 6.53. The molecule has 0 aromatic heterocycles. The molecule has 2 saturated heterocycles. The van der Waals surface area contributed by atoms with Crippen LogP contribution in [0.2, 0.25) is 0 Å². The highest BCUT2D eigenvalue weighted by atomic mass is 32.2. The van der Waals surface area contributed by atoms with E-state index in [1.165, 1.54) is 17.0 Å². The first-order valence-electron chi connectivity index (χ1n) is 8.03. The molecule has 138 valence electrons. The zero-order valence-corrected chi connectivity index (χ0v) is 15.0. The Kier molecular flexibility index (Phi) is 4.72. The first kappa shape index (κ1) is 18.1. The number of fused-ring (bicyclic) bond motifs is 1. The van der Waals surface area contributed by atoms with Crippen LogP contribution in [0.25, 0.3) is 0 Å². The number of hydrogen-bond donors (Lipinski definition) is 0. The van der Waals surface area contributed by atoms with Crippen LogP contribution in [0.15, 0.2) is 18.2 Å². The molecule has 9 heteroatoms. The smallest absolute Gasteiger partial charge is 0.319 e. The van der Waals surface area contributed by atoms with E-state index in [1.54, 1.807) is 19.0 Å². The van der Waals surface area contributed by atoms with Gasteiger partial charge in [-0.15, -0.1) is 0 Å². The minimum absolute atomic E-state index is 0.0489. The summed E-state index contributed by atoms with van der Waals surface area (Å²) < 4.78 is 51.1. The van der Waals surface area contributed by atoms with Gasteiger partial charge in [-0.3, -0.25) is 4.90 Å². The maximum Gasteiger partial charge on any atom is 0.319 e. The van der Waals surface area contributed by atoms with E-state index in [9.17, 15) is 22.0 Å². The van der Waals surface area contributed by atoms with Crippen molar-refractivity contribution in [3.63, 3.8) is 0 Å². The Balaban J connectivity index is 1.84. The van der Waals surface area contributed by atoms with Gasteiger partial charge in [0.25, 0.3) is 0 Å². The van der Waals surface area contributed by atoms with Crippen molar-refractivity contribution in [2.24, 2.45) is 0 Å². The zero-order chi connectivity index (χ0) is 18.4. The third-order valence-electron chi connectivity index (χ3n) is 4.73. The number of benzene rings is 1. The topological polar surface area (TPSA) is 60.9 Å². The Morgan fingerprint density at radius 2 is 1.72 bits per heavy atom. The van der Waals surface area contributed by atoms with Crippen LogP contribution in [-0.2, 0) is 16.4 Å². The Labute approximate surface area is 145 Å². The van der Waals surface area contributed by atoms with Crippen LogP contribution in [0.5, 0.6) is 0 Å². The lowest BCUT2D eigenvalue weighted by Crippen LogP contribution is -2.61. The molecule has 0 unspecified atom stereocenters. The van der Waals surface area contributed by atoms with Gasteiger partial charge in [0.15, 0.2) is 9.84 Å². The maximum atomic E-state index is 13.4. The van der Waals surface area contributed by atoms with Crippen molar-refractivity contribution < 1.29 is 22.0 Å². The summed E-state index contributed by atoms with van der Waals surface area (Å²) in [7, 11) is -0.00939. The zero-order valence-electron chi connectivity index (χ0n) is 14.2. The summed E-state index contributed by atoms with van der Waals surface area (Å²) in [6, 6.07) is 2.28. The summed E-state index contributed by atoms with van der Waals surface area (Å²) in [5, 5.41) is 0. The van der Waals surface area contributed by atoms with Gasteiger partial charge in [-0.25, -0.2) is 22.0 Å². The van der Waals surface area contributed by atoms with Gasteiger partial charge < -0.3 is 9.80 Å². The molecule has 3 rings (SSSR count). The lowest BCUT2D eigenvalue weighted by molar-refractivity contribution is 0.0520. The molecule has 0 N–H and O–H groups in total. The molecule has 1 aromatic carbocycles. The number of amides is 2. The molecular weight excluding hydrogens is 352 g/mol. The molecular formula is C16H21F2N3O3S. The van der Waals surface area contributed by atoms with Crippen LogP contribution in [0.1, 0.15) is 5.56 Å². The highest BCUT2D eigenvalue weighted by molar-refractivity contribution is 7.91. The summed E-state index contributed by atoms with van der Waals surface area (Å²) in [5.74, 6) is -1.45. The number of hydrogen-bond acceptors (Lipinski definition) is 4. The van der Waals surface area contributed by atoms with E-state index in [1.807, 2.05) is 4.90 Å². The van der Waals surface area contributed by atoms with Gasteiger partial charge in [0.2, 0.25) is 0 Å². The molecule has 2 heterocycles. The molecule has 2 aliphatic heterocycles. The quantitative estimate of drug-likeness (QED) is 0.774. The monoisotopic (exact) mass is 373 g/mol. The van der Waals surface area contributed by atoms with E-state index in [0.717, 1.165) is 6.07 Å². The van der Waals surface area contributed by atoms with Crippen molar-refractivity contribution >= 4 is 15.9 Å². The van der Waals surface area contributed by atoms with Gasteiger partial charge in [-0.2, -0.15) is 0 Å². The summed E-state index contributed by atoms with van der Waals surface area (Å²) in [4.78, 5) is 17.3. The first-order chi connectivity index (χ1) is 11.7. The average Bonchev–Trinajstić information content (AvgIpc) is 2.81. The van der Waals surface area contributed by atoms with Crippen molar-refractivity contribution in [3.8, 4) is 0 Å². The number of piperazine rings is 1. The van der Waals surface area contributed by atoms with Crippen molar-refractivity contribution in [2.45, 2.75) is 18.6 Å². The highest BCUT2D eigenvalue weighted by Gasteiger charge is 2.48. The van der Waals surface area contributed by atoms with Gasteiger partial charge >= 0.3 is 6.03 Å². The van der Waals surface area contributed by atoms with Crippen LogP contribution in [0.3, 0.4) is 0 Å². The molecule has 25 heavy (non-hydrogen) atoms. The molecule has 0 bridgehead atoms. The SMILES string of the molecule is CN(C)C(=O)N1CCN(Cc2cc(F)cc(F)c2)[C@H]2CS(=O)(=O)C[C@H]21. The number of sulfone groups is 1. The second-order valence-corrected chi connectivity index (χ2v) is 8.98. The first-order valence-corrected chi connectivity index (χ1v) is 9.86. The van der Waals surface area contributed by atoms with Gasteiger partial charge in [0, 0.05) is 45.8 Å². The predicted molar refractivity (Wildman–Crippen MR) is 88.8 cm³/mol. The third-order valence-corrected chi connectivity index (χ3v) is 6.43. The Hall–Kier alpha value is -1.74. The molecule has 0 aliphatic carbocycles. The lowest BCUT2D eigenvalue weighted by Gasteiger charge is -2.44. The molecule has 1 aromatic rings. The van der Waals surface area contributed by atoms with E-state index in [2.05, 4.69) is 0 Å². The van der Waals surface area contributed by atoms with E-state index >= 15 is 0 Å². The van der Waals surface area contributed by atoms with Crippen LogP contribution in [-0.4, -0.2) is 79.9 Å². The van der Waals surface area contributed by atoms with Gasteiger partial charge in [0.1, 0.15) is 11.6 Å². The molecule has 2 aliphatic rings. The van der Waals surface area contributed by atoms with Crippen LogP contribution >= 0.6 is 0 Å². The molecule has 0 spiro atoms. The van der Waals surface area contributed by atoms with Crippen LogP contribution < -0.4 is 0 Å². The van der Waals surface area contributed by atoms with E-state index in [4.69, 9.17) is 0 Å². The number of carbonyl (C=O) groups is 1. The number of nitrogens with zero attached hydrogens (tertiary/aromatic N) is 3. The van der Waals surface area contributed by atoms with Gasteiger partial charge in [0.05, 0.1) is 17.5 Å². The van der Waals surface area contributed by atoms with Crippen LogP contribution in [0.4, 0.5) is 13.6 Å². The fourth-order valence-corrected chi connectivity index (χ4v) is 5.66. The standard InChI is InChI=1S/C16H21F2N3O3S/c1-19(2)16(22)21-4-3-20(14-9-25(23,24)10-15(14)21)8-11-5-12(17)7-13(18)6-11/h5-7,14-15H,3-4,8-10H2,1-2H3/t14-,15+/m0/s1. The Morgan fingerprint density at radius 3 is 2.32 bits per heavy atom. The maximum absolute atomic E-state index is 13.4. The number of urea groups is 1. The normalized spacial score (nSPS) is 25.7. The number of carbonyl (C=O) groups excluding carboxylic acids is 1. The highest BCUT2D eigenvalue weighted by Crippen LogP contribution is 2.29. The van der Waals surface area contributed by atoms with Crippen molar-refractivity contribution in [1.29, 1.82) is 0 Å². The molecule has 6 nitrogen and oxygen atoms in total. The average molecular weight is 373 g/mol. The summed E-state index contributed by atoms with van der Waals surface area (Å²) in [6.45, 7) is 1.08. The summed E-state index contributed by atoms with van der Waals surface area (Å²) >= 11 is 0. The van der Waals surface area contributed by atoms with E-state index in [0.29, 0.717) is 18.7 Å². The largest absolute Gasteiger partial charge is 0.331 e. The van der Waals surface area contributed by atoms with Crippen LogP contribution in [0, 0.1) is 11.6 Å². The minimum Gasteiger partial charge on any atom is -0.331 e. The van der Waals surface area contributed by atoms with Gasteiger partial charge in [-0.1, -0.05) is 0 Å². The summed E-state index contributed by atoms with van der Waals surface area (Å²) in [5.41, 5.74) is 0.452. The second-order valence-electron chi connectivity index (χ2n) is 6.83. The van der Waals surface area contributed by atoms with E-state index < -0.39 is 27.5 Å². The lowest BCUT2D eigenvalue weighted by atomic mass is 10.0. The Bertz CT molecular complexity index is 765. The van der Waals surface area contributed by atoms with Gasteiger partial charge in [-0.05, 0) is 17.7 Å². The minimum atomic E-state index is -3.26. The molecule has 2 fully saturated rings. The molecule has 0 saturated carbocycles. The fraction of sp³-hybridized carbons (Fsp3) is 0.562. The molecule has 2 atom stereocenters. The van der Waals surface area contributed by atoms with Crippen molar-refractivity contribution in [2.75, 3.05) is 38.7 Å². The summed E-state index contributed by atoms with van der Waals surface area (Å²) in [6.07, 6.45) is 0. The van der Waals surface area contributed by atoms with Crippen molar-refractivity contribution in [1.82, 2.24) is 14.7 Å².